The van der Waals surface area contributed by atoms with Gasteiger partial charge in [-0.05, 0) is 29.8 Å². The highest BCUT2D eigenvalue weighted by Gasteiger charge is 2.42. The molecule has 5 heteroatoms. The minimum absolute atomic E-state index is 0.00512. The smallest absolute Gasteiger partial charge is 0.201 e. The van der Waals surface area contributed by atoms with Crippen molar-refractivity contribution in [2.45, 2.75) is 12.0 Å². The maximum atomic E-state index is 12.5. The van der Waals surface area contributed by atoms with Crippen LogP contribution in [0.5, 0.6) is 17.2 Å². The lowest BCUT2D eigenvalue weighted by Crippen LogP contribution is -2.49. The number of fused-ring (bicyclic) bond motifs is 1. The Kier molecular flexibility index (Phi) is 3.07. The van der Waals surface area contributed by atoms with Crippen molar-refractivity contribution in [2.75, 3.05) is 6.61 Å². The zero-order chi connectivity index (χ0) is 15.0. The highest BCUT2D eigenvalue weighted by Crippen LogP contribution is 2.33. The van der Waals surface area contributed by atoms with E-state index in [9.17, 15) is 20.1 Å². The normalized spacial score (nSPS) is 20.7. The third-order valence-electron chi connectivity index (χ3n) is 3.53. The second-order valence-corrected chi connectivity index (χ2v) is 5.17. The molecule has 0 amide bonds. The van der Waals surface area contributed by atoms with Crippen LogP contribution in [-0.2, 0) is 6.42 Å². The second kappa shape index (κ2) is 4.79. The molecule has 2 aromatic rings. The third kappa shape index (κ3) is 2.43. The summed E-state index contributed by atoms with van der Waals surface area (Å²) in [5, 5.41) is 29.2. The van der Waals surface area contributed by atoms with E-state index in [-0.39, 0.29) is 35.8 Å². The van der Waals surface area contributed by atoms with Gasteiger partial charge in [0.2, 0.25) is 5.78 Å². The molecule has 0 unspecified atom stereocenters. The molecule has 0 saturated heterocycles. The molecule has 21 heavy (non-hydrogen) atoms. The fraction of sp³-hybridized carbons (Fsp3) is 0.188. The van der Waals surface area contributed by atoms with Crippen molar-refractivity contribution in [1.29, 1.82) is 0 Å². The maximum Gasteiger partial charge on any atom is 0.201 e. The molecule has 108 valence electrons. The number of hydrogen-bond donors (Lipinski definition) is 3. The predicted molar refractivity (Wildman–Crippen MR) is 74.7 cm³/mol. The molecule has 3 N–H and O–H groups in total. The minimum atomic E-state index is -1.65. The highest BCUT2D eigenvalue weighted by molar-refractivity contribution is 6.05. The quantitative estimate of drug-likeness (QED) is 0.781. The summed E-state index contributed by atoms with van der Waals surface area (Å²) in [5.41, 5.74) is -0.684. The first-order valence-electron chi connectivity index (χ1n) is 6.49. The summed E-state index contributed by atoms with van der Waals surface area (Å²) in [6.07, 6.45) is 0.0897. The van der Waals surface area contributed by atoms with Crippen LogP contribution in [0.4, 0.5) is 0 Å². The van der Waals surface area contributed by atoms with Crippen molar-refractivity contribution in [3.8, 4) is 17.2 Å². The molecule has 1 heterocycles. The lowest BCUT2D eigenvalue weighted by atomic mass is 9.85. The molecule has 3 rings (SSSR count). The molecule has 0 bridgehead atoms. The van der Waals surface area contributed by atoms with Crippen LogP contribution in [0.15, 0.2) is 42.5 Å². The van der Waals surface area contributed by atoms with Gasteiger partial charge in [-0.2, -0.15) is 0 Å². The summed E-state index contributed by atoms with van der Waals surface area (Å²) in [6.45, 7) is -0.177. The number of rotatable bonds is 2. The van der Waals surface area contributed by atoms with Crippen molar-refractivity contribution in [2.24, 2.45) is 0 Å². The Balaban J connectivity index is 1.90. The van der Waals surface area contributed by atoms with Crippen LogP contribution in [0.2, 0.25) is 0 Å². The number of hydrogen-bond acceptors (Lipinski definition) is 5. The molecule has 0 aliphatic carbocycles. The Morgan fingerprint density at radius 1 is 1.05 bits per heavy atom. The molecule has 0 radical (unpaired) electrons. The molecule has 0 saturated carbocycles. The van der Waals surface area contributed by atoms with Crippen LogP contribution in [-0.4, -0.2) is 33.3 Å². The third-order valence-corrected chi connectivity index (χ3v) is 3.53. The van der Waals surface area contributed by atoms with Gasteiger partial charge in [0.15, 0.2) is 5.60 Å². The van der Waals surface area contributed by atoms with Crippen LogP contribution in [0.3, 0.4) is 0 Å². The number of ether oxygens (including phenoxy) is 1. The molecule has 0 aromatic heterocycles. The van der Waals surface area contributed by atoms with Gasteiger partial charge in [-0.3, -0.25) is 4.79 Å². The SMILES string of the molecule is O=C1c2ccc(O)cc2OC[C@@]1(O)Cc1ccc(O)cc1. The van der Waals surface area contributed by atoms with E-state index >= 15 is 0 Å². The van der Waals surface area contributed by atoms with Gasteiger partial charge in [-0.1, -0.05) is 12.1 Å². The fourth-order valence-corrected chi connectivity index (χ4v) is 2.41. The molecule has 5 nitrogen and oxygen atoms in total. The van der Waals surface area contributed by atoms with Crippen molar-refractivity contribution in [3.05, 3.63) is 53.6 Å². The number of carbonyl (C=O) groups excluding carboxylic acids is 1. The van der Waals surface area contributed by atoms with Gasteiger partial charge in [0.1, 0.15) is 23.9 Å². The summed E-state index contributed by atoms with van der Waals surface area (Å²) >= 11 is 0. The Morgan fingerprint density at radius 3 is 2.43 bits per heavy atom. The van der Waals surface area contributed by atoms with Crippen LogP contribution >= 0.6 is 0 Å². The van der Waals surface area contributed by atoms with Crippen LogP contribution in [0.25, 0.3) is 0 Å². The Morgan fingerprint density at radius 2 is 1.71 bits per heavy atom. The first-order chi connectivity index (χ1) is 9.98. The molecule has 1 aliphatic rings. The average Bonchev–Trinajstić information content (AvgIpc) is 2.46. The Hall–Kier alpha value is -2.53. The van der Waals surface area contributed by atoms with Gasteiger partial charge in [-0.25, -0.2) is 0 Å². The lowest BCUT2D eigenvalue weighted by molar-refractivity contribution is -0.00199. The summed E-state index contributed by atoms with van der Waals surface area (Å²) in [6, 6.07) is 10.5. The van der Waals surface area contributed by atoms with Gasteiger partial charge in [0, 0.05) is 12.5 Å². The van der Waals surface area contributed by atoms with Crippen molar-refractivity contribution >= 4 is 5.78 Å². The van der Waals surface area contributed by atoms with Crippen LogP contribution < -0.4 is 4.74 Å². The fourth-order valence-electron chi connectivity index (χ4n) is 2.41. The molecular formula is C16H14O5. The van der Waals surface area contributed by atoms with Crippen molar-refractivity contribution in [3.63, 3.8) is 0 Å². The standard InChI is InChI=1S/C16H14O5/c17-11-3-1-10(2-4-11)8-16(20)9-21-14-7-12(18)5-6-13(14)15(16)19/h1-7,17-18,20H,8-9H2/t16-/m0/s1. The van der Waals surface area contributed by atoms with E-state index in [4.69, 9.17) is 4.74 Å². The van der Waals surface area contributed by atoms with E-state index in [1.54, 1.807) is 12.1 Å². The van der Waals surface area contributed by atoms with E-state index in [2.05, 4.69) is 0 Å². The maximum absolute atomic E-state index is 12.5. The van der Waals surface area contributed by atoms with E-state index in [1.807, 2.05) is 0 Å². The lowest BCUT2D eigenvalue weighted by Gasteiger charge is -2.32. The molecular weight excluding hydrogens is 272 g/mol. The number of benzene rings is 2. The van der Waals surface area contributed by atoms with E-state index in [1.165, 1.54) is 30.3 Å². The van der Waals surface area contributed by atoms with E-state index in [0.717, 1.165) is 5.56 Å². The molecule has 2 aromatic carbocycles. The Labute approximate surface area is 121 Å². The molecule has 1 aliphatic heterocycles. The predicted octanol–water partition coefficient (Wildman–Crippen LogP) is 1.65. The molecule has 1 atom stereocenters. The summed E-state index contributed by atoms with van der Waals surface area (Å²) in [5.74, 6) is -0.0319. The zero-order valence-electron chi connectivity index (χ0n) is 11.1. The Bertz CT molecular complexity index is 692. The number of phenolic OH excluding ortho intramolecular Hbond substituents is 2. The summed E-state index contributed by atoms with van der Waals surface area (Å²) in [4.78, 5) is 12.5. The number of carbonyl (C=O) groups is 1. The number of aliphatic hydroxyl groups is 1. The van der Waals surface area contributed by atoms with Crippen molar-refractivity contribution < 1.29 is 24.9 Å². The topological polar surface area (TPSA) is 87.0 Å². The molecule has 0 fully saturated rings. The first kappa shape index (κ1) is 13.5. The highest BCUT2D eigenvalue weighted by atomic mass is 16.5. The van der Waals surface area contributed by atoms with Gasteiger partial charge >= 0.3 is 0 Å². The monoisotopic (exact) mass is 286 g/mol. The number of phenols is 2. The van der Waals surface area contributed by atoms with Crippen LogP contribution in [0, 0.1) is 0 Å². The summed E-state index contributed by atoms with van der Waals surface area (Å²) < 4.78 is 5.41. The van der Waals surface area contributed by atoms with Gasteiger partial charge < -0.3 is 20.1 Å². The largest absolute Gasteiger partial charge is 0.508 e. The summed E-state index contributed by atoms with van der Waals surface area (Å²) in [7, 11) is 0. The van der Waals surface area contributed by atoms with E-state index < -0.39 is 11.4 Å². The number of Topliss-reactive ketones (excluding diaryl/α,β-unsaturated/α-hetero) is 1. The molecule has 0 spiro atoms. The zero-order valence-corrected chi connectivity index (χ0v) is 11.1. The number of ketones is 1. The van der Waals surface area contributed by atoms with Gasteiger partial charge in [0.05, 0.1) is 5.56 Å². The first-order valence-corrected chi connectivity index (χ1v) is 6.49. The van der Waals surface area contributed by atoms with Crippen molar-refractivity contribution in [1.82, 2.24) is 0 Å². The second-order valence-electron chi connectivity index (χ2n) is 5.17. The van der Waals surface area contributed by atoms with Gasteiger partial charge in [-0.15, -0.1) is 0 Å². The minimum Gasteiger partial charge on any atom is -0.508 e. The number of aromatic hydroxyl groups is 2. The average molecular weight is 286 g/mol. The van der Waals surface area contributed by atoms with Gasteiger partial charge in [0.25, 0.3) is 0 Å². The van der Waals surface area contributed by atoms with E-state index in [0.29, 0.717) is 0 Å². The van der Waals surface area contributed by atoms with Crippen LogP contribution in [0.1, 0.15) is 15.9 Å².